The summed E-state index contributed by atoms with van der Waals surface area (Å²) in [7, 11) is -3.40. The highest BCUT2D eigenvalue weighted by molar-refractivity contribution is 7.88. The molecule has 2 N–H and O–H groups in total. The molecule has 0 aromatic heterocycles. The summed E-state index contributed by atoms with van der Waals surface area (Å²) in [5, 5.41) is 2.60. The number of benzene rings is 2. The van der Waals surface area contributed by atoms with E-state index in [1.54, 1.807) is 38.1 Å². The number of rotatable bonds is 9. The van der Waals surface area contributed by atoms with Gasteiger partial charge in [0.15, 0.2) is 18.2 Å². The maximum atomic E-state index is 13.4. The van der Waals surface area contributed by atoms with Crippen molar-refractivity contribution in [2.75, 3.05) is 6.61 Å². The van der Waals surface area contributed by atoms with E-state index < -0.39 is 34.2 Å². The van der Waals surface area contributed by atoms with Gasteiger partial charge in [0.05, 0.1) is 5.75 Å². The molecule has 9 heteroatoms. The third-order valence-corrected chi connectivity index (χ3v) is 5.08. The largest absolute Gasteiger partial charge is 0.481 e. The number of halogens is 2. The molecule has 2 aromatic carbocycles. The number of amides is 1. The zero-order chi connectivity index (χ0) is 20.7. The van der Waals surface area contributed by atoms with E-state index in [0.717, 1.165) is 17.7 Å². The minimum absolute atomic E-state index is 0.130. The Balaban J connectivity index is 1.81. The maximum Gasteiger partial charge on any atom is 0.258 e. The molecule has 0 saturated carbocycles. The topological polar surface area (TPSA) is 84.5 Å². The van der Waals surface area contributed by atoms with E-state index in [1.807, 2.05) is 0 Å². The van der Waals surface area contributed by atoms with E-state index in [0.29, 0.717) is 11.6 Å². The summed E-state index contributed by atoms with van der Waals surface area (Å²) in [4.78, 5) is 11.8. The Morgan fingerprint density at radius 1 is 1.07 bits per heavy atom. The van der Waals surface area contributed by atoms with Crippen LogP contribution in [0.25, 0.3) is 0 Å². The lowest BCUT2D eigenvalue weighted by atomic mass is 10.1. The molecule has 0 heterocycles. The summed E-state index contributed by atoms with van der Waals surface area (Å²) in [5.41, 5.74) is 1.39. The number of hydrogen-bond acceptors (Lipinski definition) is 4. The van der Waals surface area contributed by atoms with Gasteiger partial charge in [0.25, 0.3) is 5.91 Å². The Kier molecular flexibility index (Phi) is 7.47. The summed E-state index contributed by atoms with van der Waals surface area (Å²) < 4.78 is 57.6. The number of carbonyl (C=O) groups is 1. The van der Waals surface area contributed by atoms with Crippen molar-refractivity contribution >= 4 is 15.9 Å². The number of sulfonamides is 1. The lowest BCUT2D eigenvalue weighted by molar-refractivity contribution is -0.123. The van der Waals surface area contributed by atoms with Crippen LogP contribution in [0, 0.1) is 11.6 Å². The van der Waals surface area contributed by atoms with Crippen molar-refractivity contribution in [3.63, 3.8) is 0 Å². The molecule has 0 saturated heterocycles. The van der Waals surface area contributed by atoms with E-state index in [9.17, 15) is 22.0 Å². The number of nitrogens with one attached hydrogen (secondary N) is 2. The summed E-state index contributed by atoms with van der Waals surface area (Å²) in [6.45, 7) is 3.28. The van der Waals surface area contributed by atoms with Gasteiger partial charge in [0.1, 0.15) is 5.82 Å². The van der Waals surface area contributed by atoms with Crippen molar-refractivity contribution in [1.29, 1.82) is 0 Å². The van der Waals surface area contributed by atoms with Crippen LogP contribution in [0.3, 0.4) is 0 Å². The fourth-order valence-electron chi connectivity index (χ4n) is 2.36. The second kappa shape index (κ2) is 9.61. The van der Waals surface area contributed by atoms with Crippen LogP contribution in [0.15, 0.2) is 42.5 Å². The molecule has 0 bridgehead atoms. The van der Waals surface area contributed by atoms with Gasteiger partial charge in [-0.05, 0) is 37.1 Å². The molecule has 0 radical (unpaired) electrons. The smallest absolute Gasteiger partial charge is 0.258 e. The molecule has 28 heavy (non-hydrogen) atoms. The van der Waals surface area contributed by atoms with Gasteiger partial charge >= 0.3 is 0 Å². The van der Waals surface area contributed by atoms with Gasteiger partial charge in [-0.15, -0.1) is 0 Å². The second-order valence-corrected chi connectivity index (χ2v) is 8.24. The average molecular weight is 412 g/mol. The Bertz CT molecular complexity index is 916. The lowest BCUT2D eigenvalue weighted by Crippen LogP contribution is -2.31. The summed E-state index contributed by atoms with van der Waals surface area (Å²) in [6, 6.07) is 9.41. The minimum atomic E-state index is -3.40. The molecular formula is C19H22F2N2O4S. The van der Waals surface area contributed by atoms with Crippen LogP contribution in [-0.2, 0) is 27.1 Å². The molecule has 0 aliphatic carbocycles. The lowest BCUT2D eigenvalue weighted by Gasteiger charge is -2.10. The van der Waals surface area contributed by atoms with Gasteiger partial charge < -0.3 is 10.1 Å². The van der Waals surface area contributed by atoms with Gasteiger partial charge in [-0.1, -0.05) is 24.3 Å². The quantitative estimate of drug-likeness (QED) is 0.663. The minimum Gasteiger partial charge on any atom is -0.481 e. The maximum absolute atomic E-state index is 13.4. The van der Waals surface area contributed by atoms with Crippen LogP contribution < -0.4 is 14.8 Å². The Morgan fingerprint density at radius 2 is 1.71 bits per heavy atom. The monoisotopic (exact) mass is 412 g/mol. The molecule has 0 aliphatic heterocycles. The van der Waals surface area contributed by atoms with Crippen molar-refractivity contribution in [3.8, 4) is 5.75 Å². The fraction of sp³-hybridized carbons (Fsp3) is 0.316. The Labute approximate surface area is 163 Å². The molecule has 0 aliphatic rings. The molecular weight excluding hydrogens is 390 g/mol. The SMILES string of the molecule is CC(C)NS(=O)(=O)Cc1ccc(CNC(=O)COc2ccc(F)cc2F)cc1. The zero-order valence-corrected chi connectivity index (χ0v) is 16.4. The highest BCUT2D eigenvalue weighted by Crippen LogP contribution is 2.17. The Hall–Kier alpha value is -2.52. The van der Waals surface area contributed by atoms with Crippen molar-refractivity contribution in [3.05, 3.63) is 65.2 Å². The molecule has 0 fully saturated rings. The van der Waals surface area contributed by atoms with E-state index in [2.05, 4.69) is 10.0 Å². The van der Waals surface area contributed by atoms with Gasteiger partial charge in [-0.2, -0.15) is 0 Å². The predicted molar refractivity (Wildman–Crippen MR) is 101 cm³/mol. The predicted octanol–water partition coefficient (Wildman–Crippen LogP) is 2.49. The van der Waals surface area contributed by atoms with Crippen LogP contribution in [0.4, 0.5) is 8.78 Å². The third kappa shape index (κ3) is 7.24. The van der Waals surface area contributed by atoms with Gasteiger partial charge in [-0.25, -0.2) is 21.9 Å². The molecule has 2 rings (SSSR count). The fourth-order valence-corrected chi connectivity index (χ4v) is 3.79. The summed E-state index contributed by atoms with van der Waals surface area (Å²) in [6.07, 6.45) is 0. The second-order valence-electron chi connectivity index (χ2n) is 6.49. The van der Waals surface area contributed by atoms with Crippen molar-refractivity contribution in [2.45, 2.75) is 32.2 Å². The highest BCUT2D eigenvalue weighted by atomic mass is 32.2. The molecule has 6 nitrogen and oxygen atoms in total. The van der Waals surface area contributed by atoms with Gasteiger partial charge in [0, 0.05) is 18.7 Å². The Morgan fingerprint density at radius 3 is 2.32 bits per heavy atom. The van der Waals surface area contributed by atoms with Crippen LogP contribution in [0.1, 0.15) is 25.0 Å². The van der Waals surface area contributed by atoms with Crippen molar-refractivity contribution in [2.24, 2.45) is 0 Å². The zero-order valence-electron chi connectivity index (χ0n) is 15.5. The first-order valence-electron chi connectivity index (χ1n) is 8.57. The van der Waals surface area contributed by atoms with E-state index >= 15 is 0 Å². The van der Waals surface area contributed by atoms with E-state index in [-0.39, 0.29) is 24.1 Å². The van der Waals surface area contributed by atoms with Crippen LogP contribution >= 0.6 is 0 Å². The van der Waals surface area contributed by atoms with Crippen LogP contribution in [-0.4, -0.2) is 27.0 Å². The molecule has 0 unspecified atom stereocenters. The van der Waals surface area contributed by atoms with Gasteiger partial charge in [-0.3, -0.25) is 4.79 Å². The first-order valence-corrected chi connectivity index (χ1v) is 10.2. The van der Waals surface area contributed by atoms with Gasteiger partial charge in [0.2, 0.25) is 10.0 Å². The first kappa shape index (κ1) is 21.8. The normalized spacial score (nSPS) is 11.5. The van der Waals surface area contributed by atoms with Crippen LogP contribution in [0.2, 0.25) is 0 Å². The van der Waals surface area contributed by atoms with Crippen LogP contribution in [0.5, 0.6) is 5.75 Å². The molecule has 152 valence electrons. The highest BCUT2D eigenvalue weighted by Gasteiger charge is 2.13. The first-order chi connectivity index (χ1) is 13.1. The van der Waals surface area contributed by atoms with E-state index in [4.69, 9.17) is 4.74 Å². The standard InChI is InChI=1S/C19H22F2N2O4S/c1-13(2)23-28(25,26)12-15-5-3-14(4-6-15)10-22-19(24)11-27-18-8-7-16(20)9-17(18)21/h3-9,13,23H,10-12H2,1-2H3,(H,22,24). The molecule has 1 amide bonds. The summed E-state index contributed by atoms with van der Waals surface area (Å²) in [5.74, 6) is -2.43. The van der Waals surface area contributed by atoms with Crippen molar-refractivity contribution in [1.82, 2.24) is 10.0 Å². The molecule has 0 spiro atoms. The molecule has 2 aromatic rings. The number of carbonyl (C=O) groups excluding carboxylic acids is 1. The number of hydrogen-bond donors (Lipinski definition) is 2. The average Bonchev–Trinajstić information content (AvgIpc) is 2.59. The summed E-state index contributed by atoms with van der Waals surface area (Å²) >= 11 is 0. The van der Waals surface area contributed by atoms with E-state index in [1.165, 1.54) is 0 Å². The molecule has 0 atom stereocenters. The number of ether oxygens (including phenoxy) is 1. The third-order valence-electron chi connectivity index (χ3n) is 3.54. The van der Waals surface area contributed by atoms with Crippen molar-refractivity contribution < 1.29 is 26.7 Å².